The first kappa shape index (κ1) is 15.4. The zero-order valence-electron chi connectivity index (χ0n) is 12.7. The lowest BCUT2D eigenvalue weighted by atomic mass is 10.1. The van der Waals surface area contributed by atoms with Crippen LogP contribution in [-0.2, 0) is 11.3 Å². The minimum atomic E-state index is -0.142. The molecule has 0 bridgehead atoms. The molecule has 0 heterocycles. The Morgan fingerprint density at radius 3 is 2.48 bits per heavy atom. The van der Waals surface area contributed by atoms with Gasteiger partial charge in [-0.15, -0.1) is 0 Å². The number of carbonyl (C=O) groups excluding carboxylic acids is 2. The van der Waals surface area contributed by atoms with Crippen LogP contribution in [0.2, 0.25) is 0 Å². The van der Waals surface area contributed by atoms with Crippen LogP contribution in [0.25, 0.3) is 0 Å². The zero-order chi connectivity index (χ0) is 15.2. The van der Waals surface area contributed by atoms with Gasteiger partial charge in [-0.25, -0.2) is 4.79 Å². The third-order valence-electron chi connectivity index (χ3n) is 3.52. The summed E-state index contributed by atoms with van der Waals surface area (Å²) >= 11 is 0. The molecule has 2 N–H and O–H groups in total. The average Bonchev–Trinajstić information content (AvgIpc) is 3.23. The fraction of sp³-hybridized carbons (Fsp3) is 0.500. The predicted octanol–water partition coefficient (Wildman–Crippen LogP) is 1.81. The number of amides is 3. The minimum Gasteiger partial charge on any atom is -0.337 e. The zero-order valence-corrected chi connectivity index (χ0v) is 12.7. The first-order valence-corrected chi connectivity index (χ1v) is 7.40. The molecule has 0 atom stereocenters. The number of carbonyl (C=O) groups is 2. The molecule has 2 rings (SSSR count). The van der Waals surface area contributed by atoms with E-state index in [1.807, 2.05) is 31.2 Å². The largest absolute Gasteiger partial charge is 0.337 e. The molecule has 3 amide bonds. The average molecular weight is 289 g/mol. The van der Waals surface area contributed by atoms with E-state index in [2.05, 4.69) is 10.6 Å². The lowest BCUT2D eigenvalue weighted by Gasteiger charge is -2.21. The van der Waals surface area contributed by atoms with Crippen LogP contribution in [-0.4, -0.2) is 36.0 Å². The van der Waals surface area contributed by atoms with Crippen molar-refractivity contribution in [1.29, 1.82) is 0 Å². The van der Waals surface area contributed by atoms with Crippen LogP contribution in [0.3, 0.4) is 0 Å². The summed E-state index contributed by atoms with van der Waals surface area (Å²) in [6.45, 7) is 5.14. The van der Waals surface area contributed by atoms with Crippen molar-refractivity contribution in [3.63, 3.8) is 0 Å². The standard InChI is InChI=1S/C16H23N3O2/c1-12-3-5-14(6-4-12)11-19(13(2)20)10-9-17-16(21)18-15-7-8-15/h3-6,15H,7-11H2,1-2H3,(H2,17,18,21). The molecule has 1 aliphatic rings. The van der Waals surface area contributed by atoms with Crippen LogP contribution in [0.4, 0.5) is 4.79 Å². The smallest absolute Gasteiger partial charge is 0.315 e. The van der Waals surface area contributed by atoms with E-state index in [1.54, 1.807) is 11.8 Å². The summed E-state index contributed by atoms with van der Waals surface area (Å²) in [6, 6.07) is 8.33. The van der Waals surface area contributed by atoms with Crippen molar-refractivity contribution in [1.82, 2.24) is 15.5 Å². The Labute approximate surface area is 125 Å². The van der Waals surface area contributed by atoms with Crippen molar-refractivity contribution in [3.05, 3.63) is 35.4 Å². The van der Waals surface area contributed by atoms with Crippen LogP contribution < -0.4 is 10.6 Å². The van der Waals surface area contributed by atoms with Gasteiger partial charge in [0.15, 0.2) is 0 Å². The highest BCUT2D eigenvalue weighted by molar-refractivity contribution is 5.75. The second kappa shape index (κ2) is 7.11. The normalized spacial score (nSPS) is 13.6. The summed E-state index contributed by atoms with van der Waals surface area (Å²) in [5, 5.41) is 5.65. The highest BCUT2D eigenvalue weighted by Crippen LogP contribution is 2.18. The van der Waals surface area contributed by atoms with E-state index in [9.17, 15) is 9.59 Å². The van der Waals surface area contributed by atoms with Gasteiger partial charge in [-0.3, -0.25) is 4.79 Å². The number of hydrogen-bond acceptors (Lipinski definition) is 2. The van der Waals surface area contributed by atoms with Gasteiger partial charge in [0.05, 0.1) is 0 Å². The van der Waals surface area contributed by atoms with Crippen molar-refractivity contribution < 1.29 is 9.59 Å². The Bertz CT molecular complexity index is 495. The summed E-state index contributed by atoms with van der Waals surface area (Å²) in [5.41, 5.74) is 2.30. The van der Waals surface area contributed by atoms with Gasteiger partial charge in [0.1, 0.15) is 0 Å². The molecule has 0 saturated heterocycles. The number of urea groups is 1. The van der Waals surface area contributed by atoms with Gasteiger partial charge in [-0.2, -0.15) is 0 Å². The van der Waals surface area contributed by atoms with Gasteiger partial charge in [0.2, 0.25) is 5.91 Å². The Balaban J connectivity index is 1.77. The molecule has 0 unspecified atom stereocenters. The molecule has 21 heavy (non-hydrogen) atoms. The fourth-order valence-electron chi connectivity index (χ4n) is 2.03. The summed E-state index contributed by atoms with van der Waals surface area (Å²) in [4.78, 5) is 24.9. The van der Waals surface area contributed by atoms with Crippen molar-refractivity contribution in [2.24, 2.45) is 0 Å². The number of hydrogen-bond donors (Lipinski definition) is 2. The number of benzene rings is 1. The van der Waals surface area contributed by atoms with Crippen LogP contribution in [0.5, 0.6) is 0 Å². The Morgan fingerprint density at radius 1 is 1.24 bits per heavy atom. The molecule has 1 saturated carbocycles. The van der Waals surface area contributed by atoms with Crippen LogP contribution in [0, 0.1) is 6.92 Å². The quantitative estimate of drug-likeness (QED) is 0.839. The lowest BCUT2D eigenvalue weighted by Crippen LogP contribution is -2.42. The summed E-state index contributed by atoms with van der Waals surface area (Å²) in [6.07, 6.45) is 2.14. The van der Waals surface area contributed by atoms with E-state index >= 15 is 0 Å². The monoisotopic (exact) mass is 289 g/mol. The topological polar surface area (TPSA) is 61.4 Å². The lowest BCUT2D eigenvalue weighted by molar-refractivity contribution is -0.129. The van der Waals surface area contributed by atoms with Gasteiger partial charge in [-0.05, 0) is 25.3 Å². The first-order valence-electron chi connectivity index (χ1n) is 7.40. The molecule has 0 aliphatic heterocycles. The molecule has 114 valence electrons. The molecule has 0 spiro atoms. The van der Waals surface area contributed by atoms with Crippen molar-refractivity contribution >= 4 is 11.9 Å². The van der Waals surface area contributed by atoms with Gasteiger partial charge < -0.3 is 15.5 Å². The van der Waals surface area contributed by atoms with Gasteiger partial charge >= 0.3 is 6.03 Å². The third kappa shape index (κ3) is 5.45. The number of rotatable bonds is 6. The van der Waals surface area contributed by atoms with Crippen LogP contribution >= 0.6 is 0 Å². The van der Waals surface area contributed by atoms with Crippen molar-refractivity contribution in [3.8, 4) is 0 Å². The maximum absolute atomic E-state index is 11.7. The molecular weight excluding hydrogens is 266 g/mol. The van der Waals surface area contributed by atoms with Crippen LogP contribution in [0.15, 0.2) is 24.3 Å². The molecule has 1 aromatic carbocycles. The maximum Gasteiger partial charge on any atom is 0.315 e. The van der Waals surface area contributed by atoms with Gasteiger partial charge in [-0.1, -0.05) is 29.8 Å². The Hall–Kier alpha value is -2.04. The Morgan fingerprint density at radius 2 is 1.90 bits per heavy atom. The molecule has 5 heteroatoms. The van der Waals surface area contributed by atoms with E-state index < -0.39 is 0 Å². The van der Waals surface area contributed by atoms with E-state index in [-0.39, 0.29) is 11.9 Å². The fourth-order valence-corrected chi connectivity index (χ4v) is 2.03. The molecule has 0 radical (unpaired) electrons. The first-order chi connectivity index (χ1) is 10.0. The van der Waals surface area contributed by atoms with E-state index in [4.69, 9.17) is 0 Å². The second-order valence-electron chi connectivity index (χ2n) is 5.60. The van der Waals surface area contributed by atoms with Gasteiger partial charge in [0, 0.05) is 32.6 Å². The molecule has 1 aromatic rings. The maximum atomic E-state index is 11.7. The third-order valence-corrected chi connectivity index (χ3v) is 3.52. The highest BCUT2D eigenvalue weighted by atomic mass is 16.2. The van der Waals surface area contributed by atoms with E-state index in [0.29, 0.717) is 25.7 Å². The SMILES string of the molecule is CC(=O)N(CCNC(=O)NC1CC1)Cc1ccc(C)cc1. The summed E-state index contributed by atoms with van der Waals surface area (Å²) in [5.74, 6) is 0.0139. The number of aryl methyl sites for hydroxylation is 1. The van der Waals surface area contributed by atoms with Crippen LogP contribution in [0.1, 0.15) is 30.9 Å². The molecule has 1 fully saturated rings. The van der Waals surface area contributed by atoms with Crippen molar-refractivity contribution in [2.75, 3.05) is 13.1 Å². The molecule has 1 aliphatic carbocycles. The molecule has 5 nitrogen and oxygen atoms in total. The number of nitrogens with one attached hydrogen (secondary N) is 2. The minimum absolute atomic E-state index is 0.0139. The molecular formula is C16H23N3O2. The Kier molecular flexibility index (Phi) is 5.20. The molecule has 0 aromatic heterocycles. The summed E-state index contributed by atoms with van der Waals surface area (Å²) < 4.78 is 0. The van der Waals surface area contributed by atoms with E-state index in [0.717, 1.165) is 18.4 Å². The highest BCUT2D eigenvalue weighted by Gasteiger charge is 2.23. The number of nitrogens with zero attached hydrogens (tertiary/aromatic N) is 1. The van der Waals surface area contributed by atoms with Gasteiger partial charge in [0.25, 0.3) is 0 Å². The summed E-state index contributed by atoms with van der Waals surface area (Å²) in [7, 11) is 0. The van der Waals surface area contributed by atoms with E-state index in [1.165, 1.54) is 5.56 Å². The predicted molar refractivity (Wildman–Crippen MR) is 81.8 cm³/mol. The second-order valence-corrected chi connectivity index (χ2v) is 5.60. The van der Waals surface area contributed by atoms with Crippen molar-refractivity contribution in [2.45, 2.75) is 39.3 Å².